The van der Waals surface area contributed by atoms with Crippen LogP contribution in [0, 0.1) is 0 Å². The molecule has 0 aromatic carbocycles. The summed E-state index contributed by atoms with van der Waals surface area (Å²) in [6.07, 6.45) is 5.73. The maximum absolute atomic E-state index is 5.38. The molecule has 2 saturated heterocycles. The third-order valence-electron chi connectivity index (χ3n) is 5.77. The number of ether oxygens (including phenoxy) is 1. The van der Waals surface area contributed by atoms with Gasteiger partial charge < -0.3 is 9.64 Å². The third kappa shape index (κ3) is 3.60. The molecular formula is C20H33N3O. The van der Waals surface area contributed by atoms with E-state index in [1.807, 2.05) is 0 Å². The van der Waals surface area contributed by atoms with Crippen molar-refractivity contribution in [2.45, 2.75) is 71.0 Å². The molecule has 2 aliphatic heterocycles. The zero-order chi connectivity index (χ0) is 17.1. The fourth-order valence-corrected chi connectivity index (χ4v) is 4.16. The van der Waals surface area contributed by atoms with Crippen LogP contribution in [0.5, 0.6) is 0 Å². The van der Waals surface area contributed by atoms with Crippen LogP contribution in [0.2, 0.25) is 0 Å². The van der Waals surface area contributed by atoms with Gasteiger partial charge >= 0.3 is 0 Å². The highest BCUT2D eigenvalue weighted by atomic mass is 16.5. The van der Waals surface area contributed by atoms with Crippen LogP contribution in [-0.4, -0.2) is 54.3 Å². The zero-order valence-corrected chi connectivity index (χ0v) is 15.7. The molecule has 1 aromatic heterocycles. The lowest BCUT2D eigenvalue weighted by Crippen LogP contribution is -2.63. The molecule has 0 amide bonds. The molecule has 0 aliphatic carbocycles. The first-order valence-electron chi connectivity index (χ1n) is 9.70. The molecule has 4 heteroatoms. The van der Waals surface area contributed by atoms with Gasteiger partial charge in [0.05, 0.1) is 31.1 Å². The Morgan fingerprint density at radius 3 is 2.50 bits per heavy atom. The van der Waals surface area contributed by atoms with E-state index in [2.05, 4.69) is 55.8 Å². The van der Waals surface area contributed by atoms with Crippen molar-refractivity contribution in [1.82, 2.24) is 9.88 Å². The number of hydrogen-bond donors (Lipinski definition) is 0. The van der Waals surface area contributed by atoms with E-state index in [-0.39, 0.29) is 0 Å². The maximum Gasteiger partial charge on any atom is 0.0645 e. The minimum Gasteiger partial charge on any atom is -0.378 e. The lowest BCUT2D eigenvalue weighted by Gasteiger charge is -2.50. The average Bonchev–Trinajstić information content (AvgIpc) is 2.54. The van der Waals surface area contributed by atoms with Crippen LogP contribution in [0.1, 0.15) is 58.6 Å². The van der Waals surface area contributed by atoms with Crippen LogP contribution in [0.3, 0.4) is 0 Å². The lowest BCUT2D eigenvalue weighted by atomic mass is 9.96. The van der Waals surface area contributed by atoms with Gasteiger partial charge in [0, 0.05) is 36.8 Å². The summed E-state index contributed by atoms with van der Waals surface area (Å²) in [6.45, 7) is 13.2. The van der Waals surface area contributed by atoms with Gasteiger partial charge in [-0.25, -0.2) is 0 Å². The van der Waals surface area contributed by atoms with Crippen molar-refractivity contribution in [2.75, 3.05) is 31.2 Å². The van der Waals surface area contributed by atoms with E-state index in [1.165, 1.54) is 30.6 Å². The molecule has 3 atom stereocenters. The van der Waals surface area contributed by atoms with Gasteiger partial charge in [0.15, 0.2) is 0 Å². The number of hydrogen-bond acceptors (Lipinski definition) is 4. The predicted octanol–water partition coefficient (Wildman–Crippen LogP) is 3.67. The summed E-state index contributed by atoms with van der Waals surface area (Å²) in [5.74, 6) is 0.607. The Bertz CT molecular complexity index is 514. The van der Waals surface area contributed by atoms with Crippen molar-refractivity contribution in [3.63, 3.8) is 0 Å². The van der Waals surface area contributed by atoms with Gasteiger partial charge in [0.1, 0.15) is 0 Å². The van der Waals surface area contributed by atoms with Crippen LogP contribution in [0.4, 0.5) is 5.69 Å². The smallest absolute Gasteiger partial charge is 0.0645 e. The molecule has 134 valence electrons. The molecule has 0 saturated carbocycles. The molecule has 24 heavy (non-hydrogen) atoms. The number of anilines is 1. The first-order valence-corrected chi connectivity index (χ1v) is 9.70. The van der Waals surface area contributed by atoms with Gasteiger partial charge in [-0.3, -0.25) is 9.88 Å². The summed E-state index contributed by atoms with van der Waals surface area (Å²) in [5, 5.41) is 0. The molecule has 4 nitrogen and oxygen atoms in total. The first-order chi connectivity index (χ1) is 11.6. The van der Waals surface area contributed by atoms with Crippen molar-refractivity contribution in [3.05, 3.63) is 24.0 Å². The van der Waals surface area contributed by atoms with Crippen LogP contribution >= 0.6 is 0 Å². The Hall–Kier alpha value is -1.13. The SMILES string of the molecule is CCCC(CC)c1ccc(N2CC(C)N(C3COC3)CC2C)cn1. The van der Waals surface area contributed by atoms with E-state index in [4.69, 9.17) is 9.72 Å². The highest BCUT2D eigenvalue weighted by Gasteiger charge is 2.36. The van der Waals surface area contributed by atoms with Gasteiger partial charge in [0.2, 0.25) is 0 Å². The van der Waals surface area contributed by atoms with Crippen molar-refractivity contribution < 1.29 is 4.74 Å². The van der Waals surface area contributed by atoms with Crippen LogP contribution in [0.15, 0.2) is 18.3 Å². The predicted molar refractivity (Wildman–Crippen MR) is 99.8 cm³/mol. The molecular weight excluding hydrogens is 298 g/mol. The quantitative estimate of drug-likeness (QED) is 0.795. The molecule has 0 bridgehead atoms. The van der Waals surface area contributed by atoms with Crippen molar-refractivity contribution in [2.24, 2.45) is 0 Å². The fraction of sp³-hybridized carbons (Fsp3) is 0.750. The number of aromatic nitrogens is 1. The van der Waals surface area contributed by atoms with Crippen molar-refractivity contribution in [3.8, 4) is 0 Å². The Kier molecular flexibility index (Phi) is 5.77. The Balaban J connectivity index is 1.67. The van der Waals surface area contributed by atoms with E-state index in [0.717, 1.165) is 26.3 Å². The summed E-state index contributed by atoms with van der Waals surface area (Å²) in [7, 11) is 0. The standard InChI is InChI=1S/C20H33N3O/c1-5-7-17(6-2)20-9-8-18(10-21-20)22-11-16(4)23(12-15(22)3)19-13-24-14-19/h8-10,15-17,19H,5-7,11-14H2,1-4H3. The van der Waals surface area contributed by atoms with Gasteiger partial charge in [0.25, 0.3) is 0 Å². The van der Waals surface area contributed by atoms with E-state index in [0.29, 0.717) is 24.0 Å². The summed E-state index contributed by atoms with van der Waals surface area (Å²) in [5.41, 5.74) is 2.53. The number of piperazine rings is 1. The Morgan fingerprint density at radius 1 is 1.17 bits per heavy atom. The monoisotopic (exact) mass is 331 g/mol. The largest absolute Gasteiger partial charge is 0.378 e. The normalized spacial score (nSPS) is 27.1. The first kappa shape index (κ1) is 17.7. The third-order valence-corrected chi connectivity index (χ3v) is 5.77. The fourth-order valence-electron chi connectivity index (χ4n) is 4.16. The minimum absolute atomic E-state index is 0.520. The van der Waals surface area contributed by atoms with Crippen LogP contribution in [-0.2, 0) is 4.74 Å². The average molecular weight is 332 g/mol. The molecule has 3 unspecified atom stereocenters. The summed E-state index contributed by atoms with van der Waals surface area (Å²) < 4.78 is 5.38. The van der Waals surface area contributed by atoms with Gasteiger partial charge in [-0.15, -0.1) is 0 Å². The molecule has 1 aromatic rings. The van der Waals surface area contributed by atoms with Crippen LogP contribution in [0.25, 0.3) is 0 Å². The molecule has 0 radical (unpaired) electrons. The summed E-state index contributed by atoms with van der Waals surface area (Å²) in [6, 6.07) is 6.25. The molecule has 3 rings (SSSR count). The summed E-state index contributed by atoms with van der Waals surface area (Å²) in [4.78, 5) is 9.96. The molecule has 2 fully saturated rings. The highest BCUT2D eigenvalue weighted by molar-refractivity contribution is 5.47. The Morgan fingerprint density at radius 2 is 1.96 bits per heavy atom. The Labute approximate surface area is 147 Å². The van der Waals surface area contributed by atoms with E-state index >= 15 is 0 Å². The molecule has 3 heterocycles. The second-order valence-corrected chi connectivity index (χ2v) is 7.57. The van der Waals surface area contributed by atoms with E-state index in [9.17, 15) is 0 Å². The van der Waals surface area contributed by atoms with Gasteiger partial charge in [-0.2, -0.15) is 0 Å². The van der Waals surface area contributed by atoms with Crippen LogP contribution < -0.4 is 4.90 Å². The van der Waals surface area contributed by atoms with E-state index < -0.39 is 0 Å². The van der Waals surface area contributed by atoms with Gasteiger partial charge in [-0.1, -0.05) is 20.3 Å². The second kappa shape index (κ2) is 7.83. The number of rotatable bonds is 6. The van der Waals surface area contributed by atoms with E-state index in [1.54, 1.807) is 0 Å². The summed E-state index contributed by atoms with van der Waals surface area (Å²) >= 11 is 0. The second-order valence-electron chi connectivity index (χ2n) is 7.57. The van der Waals surface area contributed by atoms with Crippen molar-refractivity contribution in [1.29, 1.82) is 0 Å². The molecule has 0 N–H and O–H groups in total. The van der Waals surface area contributed by atoms with Crippen molar-refractivity contribution >= 4 is 5.69 Å². The lowest BCUT2D eigenvalue weighted by molar-refractivity contribution is -0.0828. The number of nitrogens with zero attached hydrogens (tertiary/aromatic N) is 3. The minimum atomic E-state index is 0.520. The van der Waals surface area contributed by atoms with Gasteiger partial charge in [-0.05, 0) is 38.8 Å². The molecule has 0 spiro atoms. The highest BCUT2D eigenvalue weighted by Crippen LogP contribution is 2.28. The maximum atomic E-state index is 5.38. The number of pyridine rings is 1. The zero-order valence-electron chi connectivity index (χ0n) is 15.7. The topological polar surface area (TPSA) is 28.6 Å². The molecule has 2 aliphatic rings.